The van der Waals surface area contributed by atoms with E-state index in [4.69, 9.17) is 5.73 Å². The van der Waals surface area contributed by atoms with Crippen molar-refractivity contribution in [3.05, 3.63) is 0 Å². The van der Waals surface area contributed by atoms with Gasteiger partial charge in [0.2, 0.25) is 0 Å². The molecule has 0 aromatic rings. The molecule has 13 heavy (non-hydrogen) atoms. The molecule has 2 fully saturated rings. The Hall–Kier alpha value is -0.0800. The lowest BCUT2D eigenvalue weighted by Crippen LogP contribution is -2.41. The van der Waals surface area contributed by atoms with Gasteiger partial charge in [-0.3, -0.25) is 0 Å². The predicted molar refractivity (Wildman–Crippen MR) is 57.7 cm³/mol. The van der Waals surface area contributed by atoms with Crippen molar-refractivity contribution in [3.63, 3.8) is 0 Å². The van der Waals surface area contributed by atoms with Crippen LogP contribution in [0.4, 0.5) is 0 Å². The minimum atomic E-state index is 0.823. The van der Waals surface area contributed by atoms with E-state index < -0.39 is 0 Å². The molecule has 0 radical (unpaired) electrons. The second-order valence-corrected chi connectivity index (χ2v) is 4.12. The van der Waals surface area contributed by atoms with Crippen molar-refractivity contribution in [2.24, 2.45) is 11.7 Å². The summed E-state index contributed by atoms with van der Waals surface area (Å²) in [7, 11) is 2.27. The van der Waals surface area contributed by atoms with Gasteiger partial charge in [-0.2, -0.15) is 0 Å². The van der Waals surface area contributed by atoms with Gasteiger partial charge >= 0.3 is 0 Å². The second-order valence-electron chi connectivity index (χ2n) is 4.12. The Morgan fingerprint density at radius 2 is 1.62 bits per heavy atom. The van der Waals surface area contributed by atoms with Crippen LogP contribution in [-0.2, 0) is 0 Å². The molecule has 0 aromatic carbocycles. The summed E-state index contributed by atoms with van der Waals surface area (Å²) in [6.45, 7) is 4.90. The van der Waals surface area contributed by atoms with E-state index in [1.54, 1.807) is 0 Å². The van der Waals surface area contributed by atoms with E-state index in [-0.39, 0.29) is 0 Å². The van der Waals surface area contributed by atoms with Gasteiger partial charge in [0.25, 0.3) is 0 Å². The topological polar surface area (TPSA) is 29.3 Å². The SMILES string of the molecule is CC.CN1C2CCC1CC(CN)C2. The Kier molecular flexibility index (Phi) is 4.20. The van der Waals surface area contributed by atoms with Crippen molar-refractivity contribution in [1.29, 1.82) is 0 Å². The van der Waals surface area contributed by atoms with E-state index in [1.165, 1.54) is 25.7 Å². The van der Waals surface area contributed by atoms with Gasteiger partial charge in [-0.15, -0.1) is 0 Å². The maximum absolute atomic E-state index is 5.68. The monoisotopic (exact) mass is 184 g/mol. The molecule has 2 bridgehead atoms. The fourth-order valence-corrected chi connectivity index (χ4v) is 2.72. The third-order valence-corrected chi connectivity index (χ3v) is 3.53. The summed E-state index contributed by atoms with van der Waals surface area (Å²) in [5, 5.41) is 0. The average Bonchev–Trinajstić information content (AvgIpc) is 2.45. The molecule has 78 valence electrons. The Bertz CT molecular complexity index is 133. The van der Waals surface area contributed by atoms with Gasteiger partial charge in [0.1, 0.15) is 0 Å². The van der Waals surface area contributed by atoms with E-state index in [1.807, 2.05) is 13.8 Å². The molecule has 0 aromatic heterocycles. The molecule has 2 unspecified atom stereocenters. The number of fused-ring (bicyclic) bond motifs is 2. The molecule has 0 aliphatic carbocycles. The molecule has 0 spiro atoms. The zero-order valence-electron chi connectivity index (χ0n) is 9.29. The summed E-state index contributed by atoms with van der Waals surface area (Å²) in [4.78, 5) is 2.56. The number of piperidine rings is 1. The summed E-state index contributed by atoms with van der Waals surface area (Å²) in [6, 6.07) is 1.73. The summed E-state index contributed by atoms with van der Waals surface area (Å²) in [5.74, 6) is 0.823. The Balaban J connectivity index is 0.000000396. The van der Waals surface area contributed by atoms with Crippen LogP contribution in [0.1, 0.15) is 39.5 Å². The fraction of sp³-hybridized carbons (Fsp3) is 1.00. The van der Waals surface area contributed by atoms with Gasteiger partial charge in [-0.1, -0.05) is 13.8 Å². The fourth-order valence-electron chi connectivity index (χ4n) is 2.72. The Morgan fingerprint density at radius 3 is 2.00 bits per heavy atom. The van der Waals surface area contributed by atoms with Gasteiger partial charge in [-0.25, -0.2) is 0 Å². The molecule has 2 N–H and O–H groups in total. The third-order valence-electron chi connectivity index (χ3n) is 3.53. The number of hydrogen-bond acceptors (Lipinski definition) is 2. The molecular formula is C11H24N2. The Morgan fingerprint density at radius 1 is 1.15 bits per heavy atom. The highest BCUT2D eigenvalue weighted by Crippen LogP contribution is 2.36. The van der Waals surface area contributed by atoms with Crippen LogP contribution in [0.15, 0.2) is 0 Å². The lowest BCUT2D eigenvalue weighted by molar-refractivity contribution is 0.137. The number of rotatable bonds is 1. The molecule has 0 saturated carbocycles. The van der Waals surface area contributed by atoms with E-state index in [0.717, 1.165) is 24.5 Å². The number of hydrogen-bond donors (Lipinski definition) is 1. The van der Waals surface area contributed by atoms with Crippen LogP contribution < -0.4 is 5.73 Å². The standard InChI is InChI=1S/C9H18N2.C2H6/c1-11-8-2-3-9(11)5-7(4-8)6-10;1-2/h7-9H,2-6,10H2,1H3;1-2H3. The first kappa shape index (κ1) is 11.0. The van der Waals surface area contributed by atoms with Crippen LogP contribution in [0.5, 0.6) is 0 Å². The molecule has 2 aliphatic rings. The zero-order chi connectivity index (χ0) is 9.84. The van der Waals surface area contributed by atoms with Crippen LogP contribution in [0.3, 0.4) is 0 Å². The summed E-state index contributed by atoms with van der Waals surface area (Å²) in [6.07, 6.45) is 5.53. The zero-order valence-corrected chi connectivity index (χ0v) is 9.29. The highest BCUT2D eigenvalue weighted by Gasteiger charge is 2.37. The lowest BCUT2D eigenvalue weighted by Gasteiger charge is -2.35. The smallest absolute Gasteiger partial charge is 0.00988 e. The van der Waals surface area contributed by atoms with Gasteiger partial charge in [0.15, 0.2) is 0 Å². The minimum absolute atomic E-state index is 0.823. The van der Waals surface area contributed by atoms with Crippen molar-refractivity contribution in [1.82, 2.24) is 4.90 Å². The quantitative estimate of drug-likeness (QED) is 0.674. The normalized spacial score (nSPS) is 38.3. The van der Waals surface area contributed by atoms with Gasteiger partial charge in [0.05, 0.1) is 0 Å². The molecule has 2 heteroatoms. The Labute approximate surface area is 82.5 Å². The third kappa shape index (κ3) is 2.23. The number of nitrogens with two attached hydrogens (primary N) is 1. The van der Waals surface area contributed by atoms with Crippen molar-refractivity contribution >= 4 is 0 Å². The predicted octanol–water partition coefficient (Wildman–Crippen LogP) is 1.84. The first-order chi connectivity index (χ1) is 6.31. The highest BCUT2D eigenvalue weighted by molar-refractivity contribution is 4.93. The van der Waals surface area contributed by atoms with E-state index in [0.29, 0.717) is 0 Å². The average molecular weight is 184 g/mol. The van der Waals surface area contributed by atoms with Gasteiger partial charge in [0, 0.05) is 12.1 Å². The van der Waals surface area contributed by atoms with Crippen LogP contribution in [0, 0.1) is 5.92 Å². The summed E-state index contributed by atoms with van der Waals surface area (Å²) < 4.78 is 0. The molecular weight excluding hydrogens is 160 g/mol. The molecule has 2 heterocycles. The van der Waals surface area contributed by atoms with Crippen LogP contribution >= 0.6 is 0 Å². The van der Waals surface area contributed by atoms with E-state index in [2.05, 4.69) is 11.9 Å². The van der Waals surface area contributed by atoms with Crippen molar-refractivity contribution < 1.29 is 0 Å². The molecule has 0 amide bonds. The highest BCUT2D eigenvalue weighted by atomic mass is 15.2. The van der Waals surface area contributed by atoms with Crippen molar-refractivity contribution in [2.75, 3.05) is 13.6 Å². The largest absolute Gasteiger partial charge is 0.330 e. The van der Waals surface area contributed by atoms with E-state index in [9.17, 15) is 0 Å². The maximum atomic E-state index is 5.68. The summed E-state index contributed by atoms with van der Waals surface area (Å²) >= 11 is 0. The minimum Gasteiger partial charge on any atom is -0.330 e. The first-order valence-electron chi connectivity index (χ1n) is 5.73. The van der Waals surface area contributed by atoms with Crippen LogP contribution in [0.25, 0.3) is 0 Å². The van der Waals surface area contributed by atoms with Crippen molar-refractivity contribution in [2.45, 2.75) is 51.6 Å². The number of nitrogens with zero attached hydrogens (tertiary/aromatic N) is 1. The van der Waals surface area contributed by atoms with E-state index >= 15 is 0 Å². The molecule has 2 aliphatic heterocycles. The molecule has 2 rings (SSSR count). The summed E-state index contributed by atoms with van der Waals surface area (Å²) in [5.41, 5.74) is 5.68. The second kappa shape index (κ2) is 4.97. The lowest BCUT2D eigenvalue weighted by atomic mass is 9.91. The van der Waals surface area contributed by atoms with Gasteiger partial charge < -0.3 is 10.6 Å². The van der Waals surface area contributed by atoms with Crippen LogP contribution in [0.2, 0.25) is 0 Å². The molecule has 2 saturated heterocycles. The molecule has 2 nitrogen and oxygen atoms in total. The van der Waals surface area contributed by atoms with Crippen molar-refractivity contribution in [3.8, 4) is 0 Å². The molecule has 2 atom stereocenters. The van der Waals surface area contributed by atoms with Gasteiger partial charge in [-0.05, 0) is 45.2 Å². The maximum Gasteiger partial charge on any atom is 0.00988 e. The first-order valence-corrected chi connectivity index (χ1v) is 5.73. The van der Waals surface area contributed by atoms with Crippen LogP contribution in [-0.4, -0.2) is 30.6 Å².